The number of halogens is 1. The van der Waals surface area contributed by atoms with Crippen LogP contribution in [0, 0.1) is 11.8 Å². The van der Waals surface area contributed by atoms with Gasteiger partial charge in [-0.15, -0.1) is 0 Å². The van der Waals surface area contributed by atoms with E-state index in [1.54, 1.807) is 0 Å². The van der Waals surface area contributed by atoms with Crippen LogP contribution in [-0.2, 0) is 0 Å². The van der Waals surface area contributed by atoms with Crippen LogP contribution < -0.4 is 5.32 Å². The molecule has 2 rings (SSSR count). The van der Waals surface area contributed by atoms with Gasteiger partial charge in [0.2, 0.25) is 0 Å². The van der Waals surface area contributed by atoms with Crippen LogP contribution in [-0.4, -0.2) is 11.5 Å². The Hall–Kier alpha value is -0.570. The molecule has 15 heavy (non-hydrogen) atoms. The lowest BCUT2D eigenvalue weighted by molar-refractivity contribution is 0.536. The molecule has 0 saturated heterocycles. The van der Waals surface area contributed by atoms with Crippen LogP contribution >= 0.6 is 15.9 Å². The summed E-state index contributed by atoms with van der Waals surface area (Å²) in [5.74, 6) is 2.70. The number of pyridine rings is 1. The maximum absolute atomic E-state index is 4.30. The van der Waals surface area contributed by atoms with Gasteiger partial charge >= 0.3 is 0 Å². The van der Waals surface area contributed by atoms with Gasteiger partial charge in [0.1, 0.15) is 5.82 Å². The SMILES string of the molecule is CC1CCC(CNc2ncccc2Br)C1. The van der Waals surface area contributed by atoms with Gasteiger partial charge in [-0.3, -0.25) is 0 Å². The third-order valence-corrected chi connectivity index (χ3v) is 3.76. The zero-order valence-electron chi connectivity index (χ0n) is 9.04. The van der Waals surface area contributed by atoms with Gasteiger partial charge in [-0.1, -0.05) is 13.3 Å². The Morgan fingerprint density at radius 3 is 3.07 bits per heavy atom. The molecule has 0 radical (unpaired) electrons. The van der Waals surface area contributed by atoms with Crippen molar-refractivity contribution in [2.45, 2.75) is 26.2 Å². The molecule has 0 spiro atoms. The Kier molecular flexibility index (Phi) is 3.62. The lowest BCUT2D eigenvalue weighted by atomic mass is 10.1. The van der Waals surface area contributed by atoms with E-state index in [1.807, 2.05) is 18.3 Å². The van der Waals surface area contributed by atoms with Gasteiger partial charge in [0.25, 0.3) is 0 Å². The van der Waals surface area contributed by atoms with Crippen molar-refractivity contribution >= 4 is 21.7 Å². The second-order valence-corrected chi connectivity index (χ2v) is 5.35. The molecule has 1 aromatic rings. The highest BCUT2D eigenvalue weighted by molar-refractivity contribution is 9.10. The minimum atomic E-state index is 0.828. The van der Waals surface area contributed by atoms with Crippen LogP contribution in [0.3, 0.4) is 0 Å². The number of rotatable bonds is 3. The third-order valence-electron chi connectivity index (χ3n) is 3.12. The van der Waals surface area contributed by atoms with Crippen molar-refractivity contribution in [3.05, 3.63) is 22.8 Å². The van der Waals surface area contributed by atoms with Crippen LogP contribution in [0.5, 0.6) is 0 Å². The quantitative estimate of drug-likeness (QED) is 0.905. The molecule has 1 heterocycles. The van der Waals surface area contributed by atoms with E-state index in [9.17, 15) is 0 Å². The van der Waals surface area contributed by atoms with Gasteiger partial charge in [0.05, 0.1) is 4.47 Å². The predicted octanol–water partition coefficient (Wildman–Crippen LogP) is 3.69. The van der Waals surface area contributed by atoms with Crippen LogP contribution in [0.2, 0.25) is 0 Å². The van der Waals surface area contributed by atoms with E-state index < -0.39 is 0 Å². The molecule has 1 N–H and O–H groups in total. The molecular weight excluding hydrogens is 252 g/mol. The molecule has 0 bridgehead atoms. The largest absolute Gasteiger partial charge is 0.369 e. The maximum atomic E-state index is 4.30. The second kappa shape index (κ2) is 4.97. The molecule has 2 unspecified atom stereocenters. The molecule has 1 aliphatic carbocycles. The van der Waals surface area contributed by atoms with Crippen molar-refractivity contribution in [2.75, 3.05) is 11.9 Å². The number of aromatic nitrogens is 1. The normalized spacial score (nSPS) is 25.5. The average molecular weight is 269 g/mol. The van der Waals surface area contributed by atoms with Gasteiger partial charge in [0, 0.05) is 12.7 Å². The van der Waals surface area contributed by atoms with Crippen molar-refractivity contribution in [3.63, 3.8) is 0 Å². The summed E-state index contributed by atoms with van der Waals surface area (Å²) in [5.41, 5.74) is 0. The minimum absolute atomic E-state index is 0.828. The molecule has 0 aliphatic heterocycles. The first-order valence-electron chi connectivity index (χ1n) is 5.60. The first-order valence-corrected chi connectivity index (χ1v) is 6.39. The number of hydrogen-bond donors (Lipinski definition) is 1. The zero-order chi connectivity index (χ0) is 10.7. The first kappa shape index (κ1) is 10.9. The summed E-state index contributed by atoms with van der Waals surface area (Å²) in [5, 5.41) is 3.42. The lowest BCUT2D eigenvalue weighted by Crippen LogP contribution is -2.12. The van der Waals surface area contributed by atoms with E-state index in [0.717, 1.165) is 28.7 Å². The summed E-state index contributed by atoms with van der Waals surface area (Å²) in [7, 11) is 0. The van der Waals surface area contributed by atoms with Crippen LogP contribution in [0.15, 0.2) is 22.8 Å². The van der Waals surface area contributed by atoms with E-state index in [4.69, 9.17) is 0 Å². The van der Waals surface area contributed by atoms with Gasteiger partial charge in [0.15, 0.2) is 0 Å². The smallest absolute Gasteiger partial charge is 0.140 e. The molecular formula is C12H17BrN2. The molecule has 0 aromatic carbocycles. The Balaban J connectivity index is 1.86. The highest BCUT2D eigenvalue weighted by atomic mass is 79.9. The van der Waals surface area contributed by atoms with Crippen LogP contribution in [0.1, 0.15) is 26.2 Å². The summed E-state index contributed by atoms with van der Waals surface area (Å²) in [6.45, 7) is 3.40. The molecule has 0 amide bonds. The Morgan fingerprint density at radius 1 is 1.53 bits per heavy atom. The fraction of sp³-hybridized carbons (Fsp3) is 0.583. The van der Waals surface area contributed by atoms with E-state index in [2.05, 4.69) is 33.2 Å². The van der Waals surface area contributed by atoms with Crippen molar-refractivity contribution in [3.8, 4) is 0 Å². The summed E-state index contributed by atoms with van der Waals surface area (Å²) >= 11 is 3.49. The summed E-state index contributed by atoms with van der Waals surface area (Å²) in [6.07, 6.45) is 5.93. The van der Waals surface area contributed by atoms with Crippen LogP contribution in [0.4, 0.5) is 5.82 Å². The monoisotopic (exact) mass is 268 g/mol. The fourth-order valence-electron chi connectivity index (χ4n) is 2.27. The molecule has 82 valence electrons. The Bertz CT molecular complexity index is 327. The standard InChI is InChI=1S/C12H17BrN2/c1-9-4-5-10(7-9)8-15-12-11(13)3-2-6-14-12/h2-3,6,9-10H,4-5,7-8H2,1H3,(H,14,15). The van der Waals surface area contributed by atoms with Crippen molar-refractivity contribution in [2.24, 2.45) is 11.8 Å². The van der Waals surface area contributed by atoms with E-state index in [-0.39, 0.29) is 0 Å². The molecule has 1 aliphatic rings. The highest BCUT2D eigenvalue weighted by Gasteiger charge is 2.20. The number of anilines is 1. The third kappa shape index (κ3) is 2.94. The summed E-state index contributed by atoms with van der Waals surface area (Å²) < 4.78 is 1.05. The van der Waals surface area contributed by atoms with E-state index >= 15 is 0 Å². The number of nitrogens with one attached hydrogen (secondary N) is 1. The molecule has 1 aromatic heterocycles. The van der Waals surface area contributed by atoms with Crippen LogP contribution in [0.25, 0.3) is 0 Å². The second-order valence-electron chi connectivity index (χ2n) is 4.50. The molecule has 2 nitrogen and oxygen atoms in total. The first-order chi connectivity index (χ1) is 7.25. The minimum Gasteiger partial charge on any atom is -0.369 e. The predicted molar refractivity (Wildman–Crippen MR) is 66.9 cm³/mol. The lowest BCUT2D eigenvalue weighted by Gasteiger charge is -2.12. The molecule has 1 saturated carbocycles. The van der Waals surface area contributed by atoms with Gasteiger partial charge in [-0.05, 0) is 52.7 Å². The van der Waals surface area contributed by atoms with Gasteiger partial charge in [-0.2, -0.15) is 0 Å². The summed E-state index contributed by atoms with van der Waals surface area (Å²) in [4.78, 5) is 4.30. The number of hydrogen-bond acceptors (Lipinski definition) is 2. The summed E-state index contributed by atoms with van der Waals surface area (Å²) in [6, 6.07) is 3.96. The fourth-order valence-corrected chi connectivity index (χ4v) is 2.66. The number of nitrogens with zero attached hydrogens (tertiary/aromatic N) is 1. The van der Waals surface area contributed by atoms with Crippen molar-refractivity contribution in [1.29, 1.82) is 0 Å². The Labute approximate surface area is 99.6 Å². The highest BCUT2D eigenvalue weighted by Crippen LogP contribution is 2.30. The topological polar surface area (TPSA) is 24.9 Å². The average Bonchev–Trinajstić information content (AvgIpc) is 2.63. The zero-order valence-corrected chi connectivity index (χ0v) is 10.6. The van der Waals surface area contributed by atoms with Crippen molar-refractivity contribution < 1.29 is 0 Å². The van der Waals surface area contributed by atoms with Gasteiger partial charge < -0.3 is 5.32 Å². The molecule has 2 atom stereocenters. The van der Waals surface area contributed by atoms with Crippen molar-refractivity contribution in [1.82, 2.24) is 4.98 Å². The molecule has 1 fully saturated rings. The van der Waals surface area contributed by atoms with E-state index in [1.165, 1.54) is 19.3 Å². The van der Waals surface area contributed by atoms with E-state index in [0.29, 0.717) is 0 Å². The maximum Gasteiger partial charge on any atom is 0.140 e. The molecule has 3 heteroatoms. The van der Waals surface area contributed by atoms with Gasteiger partial charge in [-0.25, -0.2) is 4.98 Å². The Morgan fingerprint density at radius 2 is 2.40 bits per heavy atom.